The van der Waals surface area contributed by atoms with Gasteiger partial charge in [-0.1, -0.05) is 5.16 Å². The molecule has 0 radical (unpaired) electrons. The van der Waals surface area contributed by atoms with E-state index in [1.54, 1.807) is 38.1 Å². The van der Waals surface area contributed by atoms with Crippen molar-refractivity contribution in [3.05, 3.63) is 35.7 Å². The SMILES string of the molecule is CCOc1ccc(NC(=O)C2CCCN2S(=O)(=O)c2c(C)noc2C)cc1. The van der Waals surface area contributed by atoms with Crippen molar-refractivity contribution in [1.29, 1.82) is 0 Å². The molecule has 2 heterocycles. The fraction of sp³-hybridized carbons (Fsp3) is 0.444. The van der Waals surface area contributed by atoms with Crippen molar-refractivity contribution in [2.75, 3.05) is 18.5 Å². The number of hydrogen-bond acceptors (Lipinski definition) is 6. The van der Waals surface area contributed by atoms with Crippen molar-refractivity contribution in [1.82, 2.24) is 9.46 Å². The minimum Gasteiger partial charge on any atom is -0.494 e. The smallest absolute Gasteiger partial charge is 0.249 e. The third-order valence-corrected chi connectivity index (χ3v) is 6.63. The lowest BCUT2D eigenvalue weighted by Crippen LogP contribution is -2.43. The molecule has 0 saturated carbocycles. The number of nitrogens with zero attached hydrogens (tertiary/aromatic N) is 2. The van der Waals surface area contributed by atoms with E-state index < -0.39 is 16.1 Å². The number of anilines is 1. The standard InChI is InChI=1S/C18H23N3O5S/c1-4-25-15-9-7-14(8-10-15)19-18(22)16-6-5-11-21(16)27(23,24)17-12(2)20-26-13(17)3/h7-10,16H,4-6,11H2,1-3H3,(H,19,22). The highest BCUT2D eigenvalue weighted by Crippen LogP contribution is 2.30. The molecule has 1 unspecified atom stereocenters. The monoisotopic (exact) mass is 393 g/mol. The molecule has 0 bridgehead atoms. The van der Waals surface area contributed by atoms with E-state index in [2.05, 4.69) is 10.5 Å². The average molecular weight is 393 g/mol. The van der Waals surface area contributed by atoms with Crippen LogP contribution in [0.4, 0.5) is 5.69 Å². The average Bonchev–Trinajstić information content (AvgIpc) is 3.24. The summed E-state index contributed by atoms with van der Waals surface area (Å²) < 4.78 is 37.7. The molecule has 1 aromatic carbocycles. The Kier molecular flexibility index (Phi) is 5.52. The number of amides is 1. The van der Waals surface area contributed by atoms with E-state index >= 15 is 0 Å². The molecule has 1 aromatic heterocycles. The molecular formula is C18H23N3O5S. The number of nitrogens with one attached hydrogen (secondary N) is 1. The summed E-state index contributed by atoms with van der Waals surface area (Å²) in [6.07, 6.45) is 1.08. The normalized spacial score (nSPS) is 17.8. The molecule has 1 fully saturated rings. The molecule has 9 heteroatoms. The van der Waals surface area contributed by atoms with Gasteiger partial charge in [0.1, 0.15) is 22.4 Å². The van der Waals surface area contributed by atoms with E-state index in [-0.39, 0.29) is 23.1 Å². The summed E-state index contributed by atoms with van der Waals surface area (Å²) in [5.41, 5.74) is 0.884. The molecule has 146 valence electrons. The van der Waals surface area contributed by atoms with Crippen LogP contribution in [0, 0.1) is 13.8 Å². The van der Waals surface area contributed by atoms with Gasteiger partial charge >= 0.3 is 0 Å². The third kappa shape index (κ3) is 3.84. The Hall–Kier alpha value is -2.39. The molecular weight excluding hydrogens is 370 g/mol. The number of carbonyl (C=O) groups excluding carboxylic acids is 1. The lowest BCUT2D eigenvalue weighted by Gasteiger charge is -2.23. The molecule has 3 rings (SSSR count). The Bertz CT molecular complexity index is 901. The van der Waals surface area contributed by atoms with Gasteiger partial charge in [-0.3, -0.25) is 4.79 Å². The molecule has 2 aromatic rings. The van der Waals surface area contributed by atoms with Gasteiger partial charge < -0.3 is 14.6 Å². The number of rotatable bonds is 6. The fourth-order valence-electron chi connectivity index (χ4n) is 3.28. The van der Waals surface area contributed by atoms with Crippen molar-refractivity contribution >= 4 is 21.6 Å². The number of sulfonamides is 1. The summed E-state index contributed by atoms with van der Waals surface area (Å²) in [5.74, 6) is 0.580. The highest BCUT2D eigenvalue weighted by molar-refractivity contribution is 7.89. The van der Waals surface area contributed by atoms with E-state index in [1.807, 2.05) is 6.92 Å². The van der Waals surface area contributed by atoms with Crippen LogP contribution in [0.5, 0.6) is 5.75 Å². The summed E-state index contributed by atoms with van der Waals surface area (Å²) in [7, 11) is -3.86. The zero-order valence-electron chi connectivity index (χ0n) is 15.6. The van der Waals surface area contributed by atoms with E-state index in [4.69, 9.17) is 9.26 Å². The Morgan fingerprint density at radius 1 is 1.33 bits per heavy atom. The lowest BCUT2D eigenvalue weighted by molar-refractivity contribution is -0.119. The Balaban J connectivity index is 1.78. The Morgan fingerprint density at radius 3 is 2.63 bits per heavy atom. The van der Waals surface area contributed by atoms with Gasteiger partial charge in [-0.15, -0.1) is 0 Å². The van der Waals surface area contributed by atoms with E-state index in [9.17, 15) is 13.2 Å². The summed E-state index contributed by atoms with van der Waals surface area (Å²) in [4.78, 5) is 12.8. The van der Waals surface area contributed by atoms with Crippen LogP contribution < -0.4 is 10.1 Å². The second kappa shape index (κ2) is 7.69. The van der Waals surface area contributed by atoms with Crippen LogP contribution >= 0.6 is 0 Å². The largest absolute Gasteiger partial charge is 0.494 e. The number of benzene rings is 1. The maximum atomic E-state index is 13.1. The Labute approximate surface area is 158 Å². The van der Waals surface area contributed by atoms with Crippen LogP contribution in [0.3, 0.4) is 0 Å². The predicted molar refractivity (Wildman–Crippen MR) is 99.1 cm³/mol. The van der Waals surface area contributed by atoms with Gasteiger partial charge in [-0.2, -0.15) is 4.31 Å². The molecule has 0 aliphatic carbocycles. The first-order chi connectivity index (χ1) is 12.8. The molecule has 27 heavy (non-hydrogen) atoms. The minimum absolute atomic E-state index is 0.0447. The number of carbonyl (C=O) groups is 1. The third-order valence-electron chi connectivity index (χ3n) is 4.47. The van der Waals surface area contributed by atoms with Gasteiger partial charge in [0, 0.05) is 12.2 Å². The van der Waals surface area contributed by atoms with E-state index in [0.717, 1.165) is 0 Å². The van der Waals surface area contributed by atoms with E-state index in [1.165, 1.54) is 4.31 Å². The highest BCUT2D eigenvalue weighted by Gasteiger charge is 2.41. The van der Waals surface area contributed by atoms with Crippen molar-refractivity contribution in [3.63, 3.8) is 0 Å². The minimum atomic E-state index is -3.86. The number of aryl methyl sites for hydroxylation is 2. The topological polar surface area (TPSA) is 102 Å². The molecule has 8 nitrogen and oxygen atoms in total. The van der Waals surface area contributed by atoms with Crippen molar-refractivity contribution in [2.24, 2.45) is 0 Å². The van der Waals surface area contributed by atoms with Crippen LogP contribution in [-0.4, -0.2) is 43.0 Å². The highest BCUT2D eigenvalue weighted by atomic mass is 32.2. The van der Waals surface area contributed by atoms with Crippen molar-refractivity contribution in [3.8, 4) is 5.75 Å². The molecule has 1 N–H and O–H groups in total. The van der Waals surface area contributed by atoms with Gasteiger partial charge in [-0.25, -0.2) is 8.42 Å². The van der Waals surface area contributed by atoms with Crippen LogP contribution in [0.2, 0.25) is 0 Å². The van der Waals surface area contributed by atoms with Gasteiger partial charge in [0.05, 0.1) is 6.61 Å². The summed E-state index contributed by atoms with van der Waals surface area (Å²) in [6, 6.07) is 6.20. The van der Waals surface area contributed by atoms with Crippen LogP contribution in [0.25, 0.3) is 0 Å². The summed E-state index contributed by atoms with van der Waals surface area (Å²) in [5, 5.41) is 6.51. The van der Waals surface area contributed by atoms with Gasteiger partial charge in [0.15, 0.2) is 5.76 Å². The second-order valence-corrected chi connectivity index (χ2v) is 8.20. The predicted octanol–water partition coefficient (Wildman–Crippen LogP) is 2.48. The zero-order chi connectivity index (χ0) is 19.6. The molecule has 1 aliphatic heterocycles. The Morgan fingerprint density at radius 2 is 2.04 bits per heavy atom. The van der Waals surface area contributed by atoms with Crippen LogP contribution in [-0.2, 0) is 14.8 Å². The summed E-state index contributed by atoms with van der Waals surface area (Å²) >= 11 is 0. The fourth-order valence-corrected chi connectivity index (χ4v) is 5.23. The number of hydrogen-bond donors (Lipinski definition) is 1. The quantitative estimate of drug-likeness (QED) is 0.809. The number of aromatic nitrogens is 1. The summed E-state index contributed by atoms with van der Waals surface area (Å²) in [6.45, 7) is 5.87. The maximum absolute atomic E-state index is 13.1. The lowest BCUT2D eigenvalue weighted by atomic mass is 10.2. The second-order valence-electron chi connectivity index (χ2n) is 6.37. The van der Waals surface area contributed by atoms with Gasteiger partial charge in [0.2, 0.25) is 15.9 Å². The van der Waals surface area contributed by atoms with Gasteiger partial charge in [-0.05, 0) is 57.9 Å². The van der Waals surface area contributed by atoms with Crippen molar-refractivity contribution in [2.45, 2.75) is 44.6 Å². The van der Waals surface area contributed by atoms with Crippen LogP contribution in [0.15, 0.2) is 33.7 Å². The maximum Gasteiger partial charge on any atom is 0.249 e. The first-order valence-electron chi connectivity index (χ1n) is 8.83. The molecule has 1 atom stereocenters. The first kappa shape index (κ1) is 19.4. The van der Waals surface area contributed by atoms with E-state index in [0.29, 0.717) is 36.6 Å². The molecule has 0 spiro atoms. The number of ether oxygens (including phenoxy) is 1. The van der Waals surface area contributed by atoms with Gasteiger partial charge in [0.25, 0.3) is 0 Å². The molecule has 1 saturated heterocycles. The first-order valence-corrected chi connectivity index (χ1v) is 10.3. The molecule has 1 amide bonds. The van der Waals surface area contributed by atoms with Crippen LogP contribution in [0.1, 0.15) is 31.2 Å². The zero-order valence-corrected chi connectivity index (χ0v) is 16.4. The van der Waals surface area contributed by atoms with Crippen molar-refractivity contribution < 1.29 is 22.5 Å². The molecule has 1 aliphatic rings.